The second-order valence-corrected chi connectivity index (χ2v) is 15.6. The predicted molar refractivity (Wildman–Crippen MR) is 125 cm³/mol. The summed E-state index contributed by atoms with van der Waals surface area (Å²) in [6, 6.07) is 9.94. The lowest BCUT2D eigenvalue weighted by Gasteiger charge is -2.37. The Morgan fingerprint density at radius 3 is 2.44 bits per heavy atom. The van der Waals surface area contributed by atoms with E-state index in [2.05, 4.69) is 39.2 Å². The molecule has 2 saturated heterocycles. The molecule has 1 aromatic rings. The molecule has 180 valence electrons. The van der Waals surface area contributed by atoms with Gasteiger partial charge < -0.3 is 28.7 Å². The standard InChI is InChI=1S/C24H39NO6Si/c1-22(2,3)32(6,7)29-14-13-19-20(31-23(4,5)30-19)24(17-28-21(26)25-24)16-27-15-18-11-9-8-10-12-18/h8-12,19-20H,13-17H2,1-7H3,(H,25,26)/t19-,20+,24+/m1/s1. The van der Waals surface area contributed by atoms with Crippen LogP contribution in [0.1, 0.15) is 46.6 Å². The van der Waals surface area contributed by atoms with Gasteiger partial charge in [-0.25, -0.2) is 4.79 Å². The van der Waals surface area contributed by atoms with Gasteiger partial charge in [0.1, 0.15) is 18.2 Å². The Balaban J connectivity index is 1.69. The van der Waals surface area contributed by atoms with Crippen molar-refractivity contribution in [3.8, 4) is 0 Å². The quantitative estimate of drug-likeness (QED) is 0.537. The zero-order valence-electron chi connectivity index (χ0n) is 20.5. The van der Waals surface area contributed by atoms with Crippen LogP contribution in [0.25, 0.3) is 0 Å². The highest BCUT2D eigenvalue weighted by atomic mass is 28.4. The van der Waals surface area contributed by atoms with E-state index in [9.17, 15) is 4.79 Å². The van der Waals surface area contributed by atoms with Gasteiger partial charge >= 0.3 is 6.09 Å². The van der Waals surface area contributed by atoms with Gasteiger partial charge in [-0.3, -0.25) is 0 Å². The fraction of sp³-hybridized carbons (Fsp3) is 0.708. The van der Waals surface area contributed by atoms with E-state index in [4.69, 9.17) is 23.4 Å². The third-order valence-electron chi connectivity index (χ3n) is 6.68. The summed E-state index contributed by atoms with van der Waals surface area (Å²) in [7, 11) is -1.87. The van der Waals surface area contributed by atoms with Crippen molar-refractivity contribution in [1.82, 2.24) is 5.32 Å². The molecule has 2 aliphatic heterocycles. The third-order valence-corrected chi connectivity index (χ3v) is 11.2. The van der Waals surface area contributed by atoms with Gasteiger partial charge in [0.25, 0.3) is 0 Å². The van der Waals surface area contributed by atoms with E-state index in [0.29, 0.717) is 19.6 Å². The summed E-state index contributed by atoms with van der Waals surface area (Å²) >= 11 is 0. The lowest BCUT2D eigenvalue weighted by molar-refractivity contribution is -0.156. The summed E-state index contributed by atoms with van der Waals surface area (Å²) in [5.41, 5.74) is 0.248. The molecule has 0 unspecified atom stereocenters. The number of benzene rings is 1. The number of rotatable bonds is 9. The van der Waals surface area contributed by atoms with E-state index >= 15 is 0 Å². The first-order valence-corrected chi connectivity index (χ1v) is 14.3. The maximum atomic E-state index is 12.1. The minimum absolute atomic E-state index is 0.137. The first kappa shape index (κ1) is 25.2. The summed E-state index contributed by atoms with van der Waals surface area (Å²) in [4.78, 5) is 12.1. The van der Waals surface area contributed by atoms with E-state index < -0.39 is 31.8 Å². The first-order valence-electron chi connectivity index (χ1n) is 11.4. The summed E-state index contributed by atoms with van der Waals surface area (Å²) in [5, 5.41) is 3.11. The molecule has 0 spiro atoms. The summed E-state index contributed by atoms with van der Waals surface area (Å²) in [5.74, 6) is -0.772. The van der Waals surface area contributed by atoms with E-state index in [1.807, 2.05) is 44.2 Å². The SMILES string of the molecule is CC1(C)O[C@H](CCO[Si](C)(C)C(C)(C)C)[C@@H]([C@]2(COCc3ccccc3)COC(=O)N2)O1. The van der Waals surface area contributed by atoms with Crippen molar-refractivity contribution < 1.29 is 28.2 Å². The molecule has 1 amide bonds. The minimum Gasteiger partial charge on any atom is -0.447 e. The Kier molecular flexibility index (Phi) is 7.41. The molecule has 0 saturated carbocycles. The fourth-order valence-electron chi connectivity index (χ4n) is 3.87. The van der Waals surface area contributed by atoms with Crippen LogP contribution in [0.5, 0.6) is 0 Å². The highest BCUT2D eigenvalue weighted by molar-refractivity contribution is 6.74. The highest BCUT2D eigenvalue weighted by Gasteiger charge is 2.57. The van der Waals surface area contributed by atoms with Crippen LogP contribution in [0.15, 0.2) is 30.3 Å². The Hall–Kier alpha value is -1.45. The van der Waals surface area contributed by atoms with Crippen molar-refractivity contribution in [2.45, 2.75) is 89.3 Å². The molecule has 2 aliphatic rings. The van der Waals surface area contributed by atoms with E-state index in [1.165, 1.54) is 0 Å². The van der Waals surface area contributed by atoms with Crippen molar-refractivity contribution in [2.75, 3.05) is 19.8 Å². The van der Waals surface area contributed by atoms with Crippen molar-refractivity contribution in [2.24, 2.45) is 0 Å². The minimum atomic E-state index is -1.87. The van der Waals surface area contributed by atoms with E-state index in [0.717, 1.165) is 5.56 Å². The number of ether oxygens (including phenoxy) is 4. The molecular weight excluding hydrogens is 426 g/mol. The summed E-state index contributed by atoms with van der Waals surface area (Å²) in [6.45, 7) is 16.4. The summed E-state index contributed by atoms with van der Waals surface area (Å²) in [6.07, 6.45) is -0.464. The second kappa shape index (κ2) is 9.42. The predicted octanol–water partition coefficient (Wildman–Crippen LogP) is 4.61. The average Bonchev–Trinajstić information content (AvgIpc) is 3.21. The van der Waals surface area contributed by atoms with Crippen LogP contribution >= 0.6 is 0 Å². The lowest BCUT2D eigenvalue weighted by atomic mass is 9.89. The Morgan fingerprint density at radius 1 is 1.16 bits per heavy atom. The van der Waals surface area contributed by atoms with E-state index in [-0.39, 0.29) is 24.4 Å². The van der Waals surface area contributed by atoms with Crippen LogP contribution in [0.3, 0.4) is 0 Å². The van der Waals surface area contributed by atoms with Gasteiger partial charge in [-0.05, 0) is 44.0 Å². The van der Waals surface area contributed by atoms with Gasteiger partial charge in [0.15, 0.2) is 14.1 Å². The van der Waals surface area contributed by atoms with Crippen LogP contribution in [0.4, 0.5) is 4.79 Å². The maximum Gasteiger partial charge on any atom is 0.407 e. The molecule has 3 atom stereocenters. The molecule has 3 rings (SSSR count). The van der Waals surface area contributed by atoms with Crippen LogP contribution in [0, 0.1) is 0 Å². The molecule has 0 radical (unpaired) electrons. The van der Waals surface area contributed by atoms with Crippen LogP contribution in [-0.4, -0.2) is 57.8 Å². The van der Waals surface area contributed by atoms with Crippen molar-refractivity contribution in [1.29, 1.82) is 0 Å². The third kappa shape index (κ3) is 5.91. The maximum absolute atomic E-state index is 12.1. The Morgan fingerprint density at radius 2 is 1.84 bits per heavy atom. The van der Waals surface area contributed by atoms with E-state index in [1.54, 1.807) is 0 Å². The van der Waals surface area contributed by atoms with Crippen LogP contribution in [-0.2, 0) is 30.0 Å². The topological polar surface area (TPSA) is 75.2 Å². The highest BCUT2D eigenvalue weighted by Crippen LogP contribution is 2.39. The average molecular weight is 466 g/mol. The molecule has 2 heterocycles. The molecule has 2 fully saturated rings. The molecule has 32 heavy (non-hydrogen) atoms. The molecule has 8 heteroatoms. The number of cyclic esters (lactones) is 1. The summed E-state index contributed by atoms with van der Waals surface area (Å²) < 4.78 is 30.3. The van der Waals surface area contributed by atoms with Crippen molar-refractivity contribution in [3.63, 3.8) is 0 Å². The monoisotopic (exact) mass is 465 g/mol. The number of alkyl carbamates (subject to hydrolysis) is 1. The van der Waals surface area contributed by atoms with Gasteiger partial charge in [0, 0.05) is 6.61 Å². The van der Waals surface area contributed by atoms with Gasteiger partial charge in [-0.1, -0.05) is 51.1 Å². The van der Waals surface area contributed by atoms with Crippen molar-refractivity contribution in [3.05, 3.63) is 35.9 Å². The second-order valence-electron chi connectivity index (χ2n) is 10.8. The Labute approximate surface area is 193 Å². The fourth-order valence-corrected chi connectivity index (χ4v) is 4.93. The first-order chi connectivity index (χ1) is 14.8. The molecule has 0 bridgehead atoms. The smallest absolute Gasteiger partial charge is 0.407 e. The Bertz CT molecular complexity index is 778. The van der Waals surface area contributed by atoms with Gasteiger partial charge in [-0.15, -0.1) is 0 Å². The zero-order chi connectivity index (χ0) is 23.6. The van der Waals surface area contributed by atoms with Crippen LogP contribution in [0.2, 0.25) is 18.1 Å². The largest absolute Gasteiger partial charge is 0.447 e. The molecule has 1 N–H and O–H groups in total. The van der Waals surface area contributed by atoms with Crippen LogP contribution < -0.4 is 5.32 Å². The number of hydrogen-bond donors (Lipinski definition) is 1. The number of carbonyl (C=O) groups is 1. The number of carbonyl (C=O) groups excluding carboxylic acids is 1. The van der Waals surface area contributed by atoms with Crippen molar-refractivity contribution >= 4 is 14.4 Å². The number of nitrogens with one attached hydrogen (secondary N) is 1. The molecular formula is C24H39NO6Si. The molecule has 7 nitrogen and oxygen atoms in total. The molecule has 0 aliphatic carbocycles. The normalized spacial score (nSPS) is 27.9. The lowest BCUT2D eigenvalue weighted by Crippen LogP contribution is -2.60. The van der Waals surface area contributed by atoms with Gasteiger partial charge in [0.2, 0.25) is 0 Å². The number of hydrogen-bond acceptors (Lipinski definition) is 6. The number of amides is 1. The van der Waals surface area contributed by atoms with Gasteiger partial charge in [-0.2, -0.15) is 0 Å². The zero-order valence-corrected chi connectivity index (χ0v) is 21.5. The molecule has 0 aromatic heterocycles. The van der Waals surface area contributed by atoms with Gasteiger partial charge in [0.05, 0.1) is 19.3 Å². The molecule has 1 aromatic carbocycles.